The number of aliphatic hydroxyl groups excluding tert-OH is 4. The Morgan fingerprint density at radius 3 is 2.48 bits per heavy atom. The second-order valence-corrected chi connectivity index (χ2v) is 5.53. The van der Waals surface area contributed by atoms with Crippen LogP contribution in [-0.2, 0) is 14.3 Å². The van der Waals surface area contributed by atoms with Gasteiger partial charge in [-0.05, 0) is 6.42 Å². The van der Waals surface area contributed by atoms with Gasteiger partial charge in [0.2, 0.25) is 5.91 Å². The summed E-state index contributed by atoms with van der Waals surface area (Å²) in [6.07, 6.45) is -6.84. The number of amides is 1. The molecule has 1 saturated heterocycles. The fourth-order valence-corrected chi connectivity index (χ4v) is 2.39. The zero-order valence-corrected chi connectivity index (χ0v) is 12.6. The predicted octanol–water partition coefficient (Wildman–Crippen LogP) is -3.09. The summed E-state index contributed by atoms with van der Waals surface area (Å²) in [6.45, 7) is 0.886. The number of hydrogen-bond donors (Lipinski definition) is 7. The summed E-state index contributed by atoms with van der Waals surface area (Å²) in [5, 5.41) is 59.8. The van der Waals surface area contributed by atoms with Gasteiger partial charge in [-0.25, -0.2) is 4.79 Å². The summed E-state index contributed by atoms with van der Waals surface area (Å²) in [4.78, 5) is 22.8. The number of carbonyl (C=O) groups is 2. The van der Waals surface area contributed by atoms with E-state index >= 15 is 0 Å². The Labute approximate surface area is 132 Å². The Morgan fingerprint density at radius 1 is 1.39 bits per heavy atom. The highest BCUT2D eigenvalue weighted by atomic mass is 16.7. The number of ether oxygens (including phenoxy) is 1. The van der Waals surface area contributed by atoms with Gasteiger partial charge in [0.1, 0.15) is 18.3 Å². The van der Waals surface area contributed by atoms with Gasteiger partial charge in [-0.3, -0.25) is 4.79 Å². The lowest BCUT2D eigenvalue weighted by atomic mass is 9.88. The zero-order valence-electron chi connectivity index (χ0n) is 12.6. The third-order valence-electron chi connectivity index (χ3n) is 3.64. The van der Waals surface area contributed by atoms with Crippen molar-refractivity contribution in [2.45, 2.75) is 62.4 Å². The van der Waals surface area contributed by atoms with E-state index in [-0.39, 0.29) is 6.42 Å². The van der Waals surface area contributed by atoms with Gasteiger partial charge in [-0.1, -0.05) is 6.92 Å². The number of carboxylic acids is 1. The van der Waals surface area contributed by atoms with Crippen molar-refractivity contribution >= 4 is 11.9 Å². The lowest BCUT2D eigenvalue weighted by molar-refractivity contribution is -0.295. The number of nitrogens with one attached hydrogen (secondary N) is 1. The van der Waals surface area contributed by atoms with Gasteiger partial charge < -0.3 is 40.7 Å². The van der Waals surface area contributed by atoms with Crippen LogP contribution in [0.4, 0.5) is 0 Å². The molecule has 10 nitrogen and oxygen atoms in total. The van der Waals surface area contributed by atoms with E-state index in [1.165, 1.54) is 0 Å². The molecule has 6 atom stereocenters. The molecular weight excluding hydrogens is 314 g/mol. The van der Waals surface area contributed by atoms with Crippen LogP contribution in [0, 0.1) is 0 Å². The molecule has 10 heteroatoms. The fraction of sp³-hybridized carbons (Fsp3) is 0.846. The molecule has 1 heterocycles. The number of carboxylic acid groups (broad SMARTS) is 1. The van der Waals surface area contributed by atoms with E-state index in [1.54, 1.807) is 6.92 Å². The van der Waals surface area contributed by atoms with E-state index in [1.807, 2.05) is 0 Å². The van der Waals surface area contributed by atoms with Crippen molar-refractivity contribution < 1.29 is 45.0 Å². The Kier molecular flexibility index (Phi) is 6.86. The molecule has 1 fully saturated rings. The Hall–Kier alpha value is -1.30. The molecule has 23 heavy (non-hydrogen) atoms. The van der Waals surface area contributed by atoms with Crippen LogP contribution in [0.25, 0.3) is 0 Å². The summed E-state index contributed by atoms with van der Waals surface area (Å²) in [7, 11) is 0. The molecule has 1 aliphatic rings. The largest absolute Gasteiger partial charge is 0.477 e. The third-order valence-corrected chi connectivity index (χ3v) is 3.64. The van der Waals surface area contributed by atoms with Crippen LogP contribution in [0.2, 0.25) is 0 Å². The molecule has 1 amide bonds. The molecule has 3 unspecified atom stereocenters. The van der Waals surface area contributed by atoms with Crippen molar-refractivity contribution in [3.63, 3.8) is 0 Å². The molecular formula is C13H23NO9. The van der Waals surface area contributed by atoms with E-state index in [0.29, 0.717) is 6.42 Å². The minimum Gasteiger partial charge on any atom is -0.477 e. The van der Waals surface area contributed by atoms with E-state index in [0.717, 1.165) is 0 Å². The number of carbonyl (C=O) groups excluding carboxylic acids is 1. The first-order chi connectivity index (χ1) is 10.7. The standard InChI is InChI=1S/C13H23NO9/c1-2-3-8(18)14-9-6(16)4-13(22,12(20)21)23-11(9)10(19)7(17)5-15/h6-7,9-11,15-17,19,22H,2-5H2,1H3,(H,14,18)(H,20,21)/t6-,7?,9+,10?,11+,13?/m0/s1. The van der Waals surface area contributed by atoms with Crippen molar-refractivity contribution in [1.82, 2.24) is 5.32 Å². The third kappa shape index (κ3) is 4.59. The van der Waals surface area contributed by atoms with E-state index < -0.39 is 61.1 Å². The molecule has 134 valence electrons. The van der Waals surface area contributed by atoms with Crippen LogP contribution < -0.4 is 5.32 Å². The van der Waals surface area contributed by atoms with Crippen LogP contribution in [0.5, 0.6) is 0 Å². The molecule has 0 radical (unpaired) electrons. The molecule has 1 aliphatic heterocycles. The van der Waals surface area contributed by atoms with Gasteiger partial charge in [-0.2, -0.15) is 0 Å². The van der Waals surface area contributed by atoms with Crippen LogP contribution in [0.15, 0.2) is 0 Å². The van der Waals surface area contributed by atoms with Gasteiger partial charge in [0.15, 0.2) is 0 Å². The maximum Gasteiger partial charge on any atom is 0.364 e. The lowest BCUT2D eigenvalue weighted by Gasteiger charge is -2.44. The van der Waals surface area contributed by atoms with Crippen molar-refractivity contribution in [2.75, 3.05) is 6.61 Å². The average Bonchev–Trinajstić information content (AvgIpc) is 2.48. The number of aliphatic hydroxyl groups is 5. The SMILES string of the molecule is CCCC(=O)N[C@@H]1[C@@H](O)CC(O)(C(=O)O)O[C@H]1C(O)C(O)CO. The fourth-order valence-electron chi connectivity index (χ4n) is 2.39. The Morgan fingerprint density at radius 2 is 2.00 bits per heavy atom. The number of hydrogen-bond acceptors (Lipinski definition) is 8. The minimum atomic E-state index is -2.79. The predicted molar refractivity (Wildman–Crippen MR) is 74.0 cm³/mol. The number of aliphatic carboxylic acids is 1. The highest BCUT2D eigenvalue weighted by molar-refractivity contribution is 5.77. The molecule has 0 saturated carbocycles. The van der Waals surface area contributed by atoms with Crippen molar-refractivity contribution in [2.24, 2.45) is 0 Å². The molecule has 0 bridgehead atoms. The van der Waals surface area contributed by atoms with Crippen LogP contribution >= 0.6 is 0 Å². The van der Waals surface area contributed by atoms with E-state index in [9.17, 15) is 30.0 Å². The summed E-state index contributed by atoms with van der Waals surface area (Å²) in [6, 6.07) is -1.26. The zero-order chi connectivity index (χ0) is 17.8. The first kappa shape index (κ1) is 19.7. The average molecular weight is 337 g/mol. The summed E-state index contributed by atoms with van der Waals surface area (Å²) < 4.78 is 4.94. The summed E-state index contributed by atoms with van der Waals surface area (Å²) >= 11 is 0. The summed E-state index contributed by atoms with van der Waals surface area (Å²) in [5.74, 6) is -5.05. The topological polar surface area (TPSA) is 177 Å². The first-order valence-electron chi connectivity index (χ1n) is 7.24. The maximum atomic E-state index is 11.7. The highest BCUT2D eigenvalue weighted by Crippen LogP contribution is 2.30. The molecule has 0 aliphatic carbocycles. The van der Waals surface area contributed by atoms with Crippen LogP contribution in [0.3, 0.4) is 0 Å². The number of rotatable bonds is 7. The molecule has 0 aromatic rings. The van der Waals surface area contributed by atoms with Gasteiger partial charge in [0.05, 0.1) is 18.8 Å². The van der Waals surface area contributed by atoms with Gasteiger partial charge in [0.25, 0.3) is 5.79 Å². The first-order valence-corrected chi connectivity index (χ1v) is 7.24. The molecule has 0 aromatic carbocycles. The second-order valence-electron chi connectivity index (χ2n) is 5.53. The second kappa shape index (κ2) is 7.99. The molecule has 0 spiro atoms. The van der Waals surface area contributed by atoms with E-state index in [2.05, 4.69) is 5.32 Å². The lowest BCUT2D eigenvalue weighted by Crippen LogP contribution is -2.67. The Bertz CT molecular complexity index is 432. The van der Waals surface area contributed by atoms with Crippen molar-refractivity contribution in [3.05, 3.63) is 0 Å². The summed E-state index contributed by atoms with van der Waals surface area (Å²) in [5.41, 5.74) is 0. The molecule has 7 N–H and O–H groups in total. The van der Waals surface area contributed by atoms with E-state index in [4.69, 9.17) is 14.9 Å². The maximum absolute atomic E-state index is 11.7. The molecule has 0 aromatic heterocycles. The monoisotopic (exact) mass is 337 g/mol. The van der Waals surface area contributed by atoms with Crippen LogP contribution in [-0.4, -0.2) is 85.4 Å². The van der Waals surface area contributed by atoms with Crippen LogP contribution in [0.1, 0.15) is 26.2 Å². The van der Waals surface area contributed by atoms with Gasteiger partial charge in [0, 0.05) is 12.8 Å². The quantitative estimate of drug-likeness (QED) is 0.254. The smallest absolute Gasteiger partial charge is 0.364 e. The van der Waals surface area contributed by atoms with Crippen molar-refractivity contribution in [3.8, 4) is 0 Å². The van der Waals surface area contributed by atoms with Crippen molar-refractivity contribution in [1.29, 1.82) is 0 Å². The minimum absolute atomic E-state index is 0.123. The van der Waals surface area contributed by atoms with Gasteiger partial charge >= 0.3 is 5.97 Å². The molecule has 1 rings (SSSR count). The van der Waals surface area contributed by atoms with Gasteiger partial charge in [-0.15, -0.1) is 0 Å². The normalized spacial score (nSPS) is 33.7. The highest BCUT2D eigenvalue weighted by Gasteiger charge is 2.53. The Balaban J connectivity index is 3.04.